The highest BCUT2D eigenvalue weighted by molar-refractivity contribution is 7.93. The van der Waals surface area contributed by atoms with Crippen LogP contribution in [0.15, 0.2) is 24.3 Å². The molecular formula is C11H14N2O5S2. The van der Waals surface area contributed by atoms with Gasteiger partial charge in [-0.1, -0.05) is 12.1 Å². The molecule has 110 valence electrons. The molecule has 2 aromatic rings. The molecule has 1 aromatic heterocycles. The van der Waals surface area contributed by atoms with Gasteiger partial charge >= 0.3 is 6.01 Å². The molecule has 0 bridgehead atoms. The smallest absolute Gasteiger partial charge is 0.291 e. The number of rotatable bonds is 7. The molecule has 0 saturated carbocycles. The Morgan fingerprint density at radius 1 is 1.40 bits per heavy atom. The first-order valence-corrected chi connectivity index (χ1v) is 8.55. The summed E-state index contributed by atoms with van der Waals surface area (Å²) < 4.78 is 36.8. The Morgan fingerprint density at radius 3 is 2.85 bits per heavy atom. The number of para-hydroxylation sites is 2. The van der Waals surface area contributed by atoms with Crippen LogP contribution in [0.4, 0.5) is 0 Å². The van der Waals surface area contributed by atoms with Crippen molar-refractivity contribution in [3.05, 3.63) is 24.3 Å². The number of fused-ring (bicyclic) bond motifs is 1. The number of hydrogen-bond donors (Lipinski definition) is 1. The first kappa shape index (κ1) is 15.1. The molecule has 20 heavy (non-hydrogen) atoms. The largest absolute Gasteiger partial charge is 0.336 e. The lowest BCUT2D eigenvalue weighted by Crippen LogP contribution is -2.09. The number of benzene rings is 1. The number of imidazole rings is 1. The lowest BCUT2D eigenvalue weighted by Gasteiger charge is -2.07. The summed E-state index contributed by atoms with van der Waals surface area (Å²) in [6.45, 7) is 0.341. The zero-order valence-corrected chi connectivity index (χ0v) is 12.4. The van der Waals surface area contributed by atoms with Gasteiger partial charge in [0.15, 0.2) is 0 Å². The maximum atomic E-state index is 10.8. The SMILES string of the molecule is CSOOc1nc2ccccc2n1CCCS(=O)(=O)O. The molecule has 0 radical (unpaired) electrons. The Balaban J connectivity index is 2.23. The van der Waals surface area contributed by atoms with Gasteiger partial charge in [-0.2, -0.15) is 13.4 Å². The van der Waals surface area contributed by atoms with E-state index in [4.69, 9.17) is 13.8 Å². The first-order valence-electron chi connectivity index (χ1n) is 5.79. The fourth-order valence-electron chi connectivity index (χ4n) is 1.80. The summed E-state index contributed by atoms with van der Waals surface area (Å²) >= 11 is 1.03. The highest BCUT2D eigenvalue weighted by atomic mass is 32.2. The second-order valence-electron chi connectivity index (χ2n) is 3.99. The van der Waals surface area contributed by atoms with E-state index in [1.165, 1.54) is 0 Å². The van der Waals surface area contributed by atoms with Crippen LogP contribution in [0, 0.1) is 0 Å². The quantitative estimate of drug-likeness (QED) is 0.361. The maximum Gasteiger partial charge on any atom is 0.336 e. The van der Waals surface area contributed by atoms with Gasteiger partial charge in [0.25, 0.3) is 10.1 Å². The van der Waals surface area contributed by atoms with E-state index in [1.807, 2.05) is 24.3 Å². The van der Waals surface area contributed by atoms with Crippen molar-refractivity contribution < 1.29 is 22.2 Å². The zero-order valence-electron chi connectivity index (χ0n) is 10.7. The van der Waals surface area contributed by atoms with Crippen molar-refractivity contribution in [2.24, 2.45) is 0 Å². The van der Waals surface area contributed by atoms with Crippen LogP contribution >= 0.6 is 12.0 Å². The second kappa shape index (κ2) is 6.44. The summed E-state index contributed by atoms with van der Waals surface area (Å²) in [6.07, 6.45) is 1.94. The molecule has 0 atom stereocenters. The molecule has 1 aromatic carbocycles. The van der Waals surface area contributed by atoms with Crippen molar-refractivity contribution >= 4 is 33.2 Å². The van der Waals surface area contributed by atoms with Crippen LogP contribution in [-0.4, -0.2) is 34.5 Å². The minimum Gasteiger partial charge on any atom is -0.291 e. The number of hydrogen-bond acceptors (Lipinski definition) is 6. The maximum absolute atomic E-state index is 10.8. The van der Waals surface area contributed by atoms with E-state index in [-0.39, 0.29) is 18.2 Å². The second-order valence-corrected chi connectivity index (χ2v) is 6.03. The third-order valence-electron chi connectivity index (χ3n) is 2.58. The van der Waals surface area contributed by atoms with E-state index in [2.05, 4.69) is 4.98 Å². The van der Waals surface area contributed by atoms with Crippen LogP contribution < -0.4 is 4.89 Å². The van der Waals surface area contributed by atoms with Crippen molar-refractivity contribution in [1.82, 2.24) is 9.55 Å². The predicted molar refractivity (Wildman–Crippen MR) is 76.0 cm³/mol. The molecule has 0 saturated heterocycles. The summed E-state index contributed by atoms with van der Waals surface area (Å²) in [7, 11) is -3.97. The molecule has 0 aliphatic carbocycles. The lowest BCUT2D eigenvalue weighted by molar-refractivity contribution is -0.0893. The summed E-state index contributed by atoms with van der Waals surface area (Å²) in [5.74, 6) is -0.317. The molecule has 0 spiro atoms. The Kier molecular flexibility index (Phi) is 4.86. The van der Waals surface area contributed by atoms with Gasteiger partial charge in [-0.3, -0.25) is 14.0 Å². The number of aryl methyl sites for hydroxylation is 1. The van der Waals surface area contributed by atoms with Crippen molar-refractivity contribution in [2.45, 2.75) is 13.0 Å². The minimum atomic E-state index is -3.97. The topological polar surface area (TPSA) is 90.7 Å². The Hall–Kier alpha value is -1.29. The van der Waals surface area contributed by atoms with Crippen LogP contribution in [-0.2, 0) is 21.0 Å². The highest BCUT2D eigenvalue weighted by Gasteiger charge is 2.13. The van der Waals surface area contributed by atoms with Crippen molar-refractivity contribution in [1.29, 1.82) is 0 Å². The summed E-state index contributed by atoms with van der Waals surface area (Å²) in [4.78, 5) is 9.31. The van der Waals surface area contributed by atoms with E-state index in [9.17, 15) is 8.42 Å². The van der Waals surface area contributed by atoms with Crippen LogP contribution in [0.1, 0.15) is 6.42 Å². The number of aromatic nitrogens is 2. The molecule has 7 nitrogen and oxygen atoms in total. The van der Waals surface area contributed by atoms with Crippen molar-refractivity contribution in [3.8, 4) is 6.01 Å². The molecule has 0 aliphatic rings. The van der Waals surface area contributed by atoms with Gasteiger partial charge in [0.2, 0.25) is 0 Å². The fourth-order valence-corrected chi connectivity index (χ4v) is 2.43. The van der Waals surface area contributed by atoms with Gasteiger partial charge in [0.1, 0.15) is 0 Å². The zero-order chi connectivity index (χ0) is 14.6. The molecule has 1 N–H and O–H groups in total. The lowest BCUT2D eigenvalue weighted by atomic mass is 10.3. The van der Waals surface area contributed by atoms with Gasteiger partial charge in [-0.15, -0.1) is 4.33 Å². The minimum absolute atomic E-state index is 0.245. The third kappa shape index (κ3) is 3.85. The molecule has 0 amide bonds. The molecule has 0 fully saturated rings. The van der Waals surface area contributed by atoms with Crippen LogP contribution in [0.2, 0.25) is 0 Å². The van der Waals surface area contributed by atoms with Gasteiger partial charge in [0, 0.05) is 24.8 Å². The predicted octanol–water partition coefficient (Wildman–Crippen LogP) is 1.90. The van der Waals surface area contributed by atoms with E-state index in [0.29, 0.717) is 6.54 Å². The van der Waals surface area contributed by atoms with Gasteiger partial charge in [0.05, 0.1) is 16.8 Å². The highest BCUT2D eigenvalue weighted by Crippen LogP contribution is 2.22. The molecule has 9 heteroatoms. The molecule has 1 heterocycles. The van der Waals surface area contributed by atoms with Crippen LogP contribution in [0.5, 0.6) is 6.01 Å². The summed E-state index contributed by atoms with van der Waals surface area (Å²) in [6, 6.07) is 7.61. The first-order chi connectivity index (χ1) is 9.51. The Labute approximate surface area is 120 Å². The average Bonchev–Trinajstić information content (AvgIpc) is 2.73. The average molecular weight is 318 g/mol. The monoisotopic (exact) mass is 318 g/mol. The fraction of sp³-hybridized carbons (Fsp3) is 0.364. The van der Waals surface area contributed by atoms with E-state index >= 15 is 0 Å². The molecule has 0 unspecified atom stereocenters. The summed E-state index contributed by atoms with van der Waals surface area (Å²) in [5, 5.41) is 0. The summed E-state index contributed by atoms with van der Waals surface area (Å²) in [5.41, 5.74) is 1.53. The van der Waals surface area contributed by atoms with Crippen LogP contribution in [0.3, 0.4) is 0 Å². The van der Waals surface area contributed by atoms with Crippen LogP contribution in [0.25, 0.3) is 11.0 Å². The van der Waals surface area contributed by atoms with E-state index in [0.717, 1.165) is 23.1 Å². The van der Waals surface area contributed by atoms with Crippen molar-refractivity contribution in [3.63, 3.8) is 0 Å². The van der Waals surface area contributed by atoms with E-state index < -0.39 is 10.1 Å². The molecular weight excluding hydrogens is 304 g/mol. The van der Waals surface area contributed by atoms with Gasteiger partial charge in [-0.25, -0.2) is 0 Å². The third-order valence-corrected chi connectivity index (χ3v) is 3.59. The molecule has 0 aliphatic heterocycles. The van der Waals surface area contributed by atoms with Gasteiger partial charge in [-0.05, 0) is 18.6 Å². The van der Waals surface area contributed by atoms with E-state index in [1.54, 1.807) is 10.8 Å². The van der Waals surface area contributed by atoms with Gasteiger partial charge < -0.3 is 0 Å². The normalized spacial score (nSPS) is 11.9. The standard InChI is InChI=1S/C11H14N2O5S2/c1-19-18-17-11-12-9-5-2-3-6-10(9)13(11)7-4-8-20(14,15)16/h2-3,5-6H,4,7-8H2,1H3,(H,14,15,16). The van der Waals surface area contributed by atoms with Crippen molar-refractivity contribution in [2.75, 3.05) is 12.0 Å². The molecule has 2 rings (SSSR count). The Morgan fingerprint density at radius 2 is 2.15 bits per heavy atom. The number of nitrogens with zero attached hydrogens (tertiary/aromatic N) is 2. The Bertz CT molecular complexity index is 683.